The van der Waals surface area contributed by atoms with Crippen LogP contribution in [0.1, 0.15) is 32.1 Å². The summed E-state index contributed by atoms with van der Waals surface area (Å²) in [6.07, 6.45) is 3.12. The molecule has 1 amide bonds. The first-order chi connectivity index (χ1) is 8.98. The SMILES string of the molecule is COC(=O)C(N)CCC(=O)N1CCC2(CC2)C(O)C1. The van der Waals surface area contributed by atoms with E-state index in [4.69, 9.17) is 5.73 Å². The average Bonchev–Trinajstić information content (AvgIpc) is 3.19. The molecule has 1 saturated carbocycles. The number of nitrogens with two attached hydrogens (primary N) is 1. The Morgan fingerprint density at radius 1 is 1.47 bits per heavy atom. The summed E-state index contributed by atoms with van der Waals surface area (Å²) < 4.78 is 4.51. The molecule has 0 aromatic heterocycles. The molecule has 19 heavy (non-hydrogen) atoms. The Morgan fingerprint density at radius 3 is 2.68 bits per heavy atom. The van der Waals surface area contributed by atoms with Gasteiger partial charge in [0.25, 0.3) is 0 Å². The van der Waals surface area contributed by atoms with E-state index in [1.165, 1.54) is 7.11 Å². The summed E-state index contributed by atoms with van der Waals surface area (Å²) in [7, 11) is 1.28. The number of ether oxygens (including phenoxy) is 1. The number of carbonyl (C=O) groups is 2. The number of methoxy groups -OCH3 is 1. The molecule has 108 valence electrons. The van der Waals surface area contributed by atoms with Crippen molar-refractivity contribution in [2.45, 2.75) is 44.2 Å². The number of β-amino-alcohol motifs (C(OH)–C–C–N with tert-alkyl or cyclic N) is 1. The Kier molecular flexibility index (Phi) is 4.10. The van der Waals surface area contributed by atoms with Gasteiger partial charge in [-0.1, -0.05) is 0 Å². The largest absolute Gasteiger partial charge is 0.468 e. The minimum Gasteiger partial charge on any atom is -0.468 e. The van der Waals surface area contributed by atoms with Crippen molar-refractivity contribution in [2.75, 3.05) is 20.2 Å². The number of carbonyl (C=O) groups excluding carboxylic acids is 2. The number of piperidine rings is 1. The molecule has 1 spiro atoms. The number of hydrogen-bond acceptors (Lipinski definition) is 5. The molecule has 2 rings (SSSR count). The third kappa shape index (κ3) is 3.06. The van der Waals surface area contributed by atoms with Gasteiger partial charge in [-0.25, -0.2) is 0 Å². The lowest BCUT2D eigenvalue weighted by molar-refractivity contribution is -0.142. The van der Waals surface area contributed by atoms with E-state index in [9.17, 15) is 14.7 Å². The monoisotopic (exact) mass is 270 g/mol. The number of esters is 1. The first-order valence-electron chi connectivity index (χ1n) is 6.78. The van der Waals surface area contributed by atoms with Crippen molar-refractivity contribution in [3.05, 3.63) is 0 Å². The summed E-state index contributed by atoms with van der Waals surface area (Å²) in [6.45, 7) is 1.11. The molecule has 6 heteroatoms. The van der Waals surface area contributed by atoms with Gasteiger partial charge < -0.3 is 20.5 Å². The second-order valence-electron chi connectivity index (χ2n) is 5.64. The molecule has 2 atom stereocenters. The molecular weight excluding hydrogens is 248 g/mol. The highest BCUT2D eigenvalue weighted by Crippen LogP contribution is 2.53. The van der Waals surface area contributed by atoms with E-state index in [2.05, 4.69) is 4.74 Å². The first kappa shape index (κ1) is 14.3. The molecule has 1 heterocycles. The first-order valence-corrected chi connectivity index (χ1v) is 6.78. The van der Waals surface area contributed by atoms with Crippen molar-refractivity contribution in [3.63, 3.8) is 0 Å². The number of aliphatic hydroxyl groups is 1. The summed E-state index contributed by atoms with van der Waals surface area (Å²) in [6, 6.07) is -0.751. The van der Waals surface area contributed by atoms with E-state index < -0.39 is 18.1 Å². The maximum atomic E-state index is 12.0. The maximum Gasteiger partial charge on any atom is 0.322 e. The number of hydrogen-bond donors (Lipinski definition) is 2. The Hall–Kier alpha value is -1.14. The fourth-order valence-electron chi connectivity index (χ4n) is 2.69. The van der Waals surface area contributed by atoms with E-state index in [-0.39, 0.29) is 24.2 Å². The van der Waals surface area contributed by atoms with Gasteiger partial charge in [0.15, 0.2) is 0 Å². The zero-order chi connectivity index (χ0) is 14.0. The molecule has 2 unspecified atom stereocenters. The van der Waals surface area contributed by atoms with Crippen LogP contribution in [0.2, 0.25) is 0 Å². The van der Waals surface area contributed by atoms with E-state index >= 15 is 0 Å². The van der Waals surface area contributed by atoms with Crippen LogP contribution in [0.4, 0.5) is 0 Å². The second-order valence-corrected chi connectivity index (χ2v) is 5.64. The van der Waals surface area contributed by atoms with Crippen LogP contribution in [-0.4, -0.2) is 54.2 Å². The number of likely N-dealkylation sites (tertiary alicyclic amines) is 1. The third-order valence-corrected chi connectivity index (χ3v) is 4.40. The summed E-state index contributed by atoms with van der Waals surface area (Å²) in [4.78, 5) is 24.8. The number of amides is 1. The van der Waals surface area contributed by atoms with Crippen LogP contribution >= 0.6 is 0 Å². The predicted molar refractivity (Wildman–Crippen MR) is 68.1 cm³/mol. The third-order valence-electron chi connectivity index (χ3n) is 4.40. The summed E-state index contributed by atoms with van der Waals surface area (Å²) in [5.41, 5.74) is 5.69. The minimum absolute atomic E-state index is 0.0473. The molecule has 0 aromatic rings. The molecule has 2 aliphatic rings. The van der Waals surface area contributed by atoms with Gasteiger partial charge in [-0.3, -0.25) is 9.59 Å². The lowest BCUT2D eigenvalue weighted by atomic mass is 9.90. The van der Waals surface area contributed by atoms with Gasteiger partial charge in [0.05, 0.1) is 13.2 Å². The molecule has 0 bridgehead atoms. The molecule has 0 aromatic carbocycles. The highest BCUT2D eigenvalue weighted by atomic mass is 16.5. The highest BCUT2D eigenvalue weighted by molar-refractivity contribution is 5.79. The topological polar surface area (TPSA) is 92.9 Å². The average molecular weight is 270 g/mol. The Balaban J connectivity index is 1.76. The predicted octanol–water partition coefficient (Wildman–Crippen LogP) is -0.360. The Morgan fingerprint density at radius 2 is 2.16 bits per heavy atom. The fraction of sp³-hybridized carbons (Fsp3) is 0.846. The van der Waals surface area contributed by atoms with Gasteiger partial charge in [0.2, 0.25) is 5.91 Å². The quantitative estimate of drug-likeness (QED) is 0.681. The number of rotatable bonds is 4. The van der Waals surface area contributed by atoms with Gasteiger partial charge >= 0.3 is 5.97 Å². The van der Waals surface area contributed by atoms with Crippen LogP contribution in [0.3, 0.4) is 0 Å². The van der Waals surface area contributed by atoms with Crippen LogP contribution in [0, 0.1) is 5.41 Å². The van der Waals surface area contributed by atoms with Gasteiger partial charge in [-0.05, 0) is 31.1 Å². The smallest absolute Gasteiger partial charge is 0.322 e. The van der Waals surface area contributed by atoms with Crippen LogP contribution in [0.25, 0.3) is 0 Å². The molecular formula is C13H22N2O4. The van der Waals surface area contributed by atoms with Crippen LogP contribution in [0.15, 0.2) is 0 Å². The van der Waals surface area contributed by atoms with Crippen LogP contribution in [0.5, 0.6) is 0 Å². The molecule has 3 N–H and O–H groups in total. The van der Waals surface area contributed by atoms with Gasteiger partial charge in [-0.15, -0.1) is 0 Å². The van der Waals surface area contributed by atoms with E-state index in [1.807, 2.05) is 0 Å². The van der Waals surface area contributed by atoms with E-state index in [0.717, 1.165) is 19.3 Å². The molecule has 2 fully saturated rings. The van der Waals surface area contributed by atoms with Gasteiger partial charge in [-0.2, -0.15) is 0 Å². The maximum absolute atomic E-state index is 12.0. The van der Waals surface area contributed by atoms with Crippen molar-refractivity contribution >= 4 is 11.9 Å². The van der Waals surface area contributed by atoms with Crippen molar-refractivity contribution in [1.29, 1.82) is 0 Å². The second kappa shape index (κ2) is 5.46. The van der Waals surface area contributed by atoms with Crippen molar-refractivity contribution in [3.8, 4) is 0 Å². The lowest BCUT2D eigenvalue weighted by Crippen LogP contribution is -2.48. The summed E-state index contributed by atoms with van der Waals surface area (Å²) >= 11 is 0. The number of nitrogens with zero attached hydrogens (tertiary/aromatic N) is 1. The minimum atomic E-state index is -0.751. The molecule has 1 saturated heterocycles. The van der Waals surface area contributed by atoms with Gasteiger partial charge in [0, 0.05) is 19.5 Å². The van der Waals surface area contributed by atoms with E-state index in [1.54, 1.807) is 4.90 Å². The summed E-state index contributed by atoms with van der Waals surface area (Å²) in [5.74, 6) is -0.544. The van der Waals surface area contributed by atoms with Gasteiger partial charge in [0.1, 0.15) is 6.04 Å². The molecule has 1 aliphatic heterocycles. The highest BCUT2D eigenvalue weighted by Gasteiger charge is 2.51. The molecule has 0 radical (unpaired) electrons. The Labute approximate surface area is 112 Å². The lowest BCUT2D eigenvalue weighted by Gasteiger charge is -2.36. The molecule has 1 aliphatic carbocycles. The van der Waals surface area contributed by atoms with E-state index in [0.29, 0.717) is 13.1 Å². The molecule has 6 nitrogen and oxygen atoms in total. The zero-order valence-corrected chi connectivity index (χ0v) is 11.3. The van der Waals surface area contributed by atoms with Crippen molar-refractivity contribution < 1.29 is 19.4 Å². The fourth-order valence-corrected chi connectivity index (χ4v) is 2.69. The van der Waals surface area contributed by atoms with Crippen LogP contribution in [-0.2, 0) is 14.3 Å². The normalized spacial score (nSPS) is 26.1. The summed E-state index contributed by atoms with van der Waals surface area (Å²) in [5, 5.41) is 10.0. The van der Waals surface area contributed by atoms with Crippen molar-refractivity contribution in [2.24, 2.45) is 11.1 Å². The zero-order valence-electron chi connectivity index (χ0n) is 11.3. The Bertz CT molecular complexity index is 368. The van der Waals surface area contributed by atoms with Crippen LogP contribution < -0.4 is 5.73 Å². The standard InChI is InChI=1S/C13H22N2O4/c1-19-12(18)9(14)2-3-11(17)15-7-6-13(4-5-13)10(16)8-15/h9-10,16H,2-8,14H2,1H3. The van der Waals surface area contributed by atoms with Crippen molar-refractivity contribution in [1.82, 2.24) is 4.90 Å². The number of aliphatic hydroxyl groups excluding tert-OH is 1.